The zero-order valence-corrected chi connectivity index (χ0v) is 20.0. The number of hydrogen-bond donors (Lipinski definition) is 2. The van der Waals surface area contributed by atoms with Gasteiger partial charge in [0.15, 0.2) is 0 Å². The lowest BCUT2D eigenvalue weighted by atomic mass is 10.1. The molecule has 5 aromatic rings. The fraction of sp³-hybridized carbons (Fsp3) is 0.222. The number of aromatic nitrogens is 3. The van der Waals surface area contributed by atoms with Crippen molar-refractivity contribution in [3.8, 4) is 0 Å². The monoisotopic (exact) mass is 476 g/mol. The number of benzene rings is 3. The number of imidazole rings is 1. The Hall–Kier alpha value is -2.79. The number of H-pyrrole nitrogens is 1. The molecular formula is C27H26Cl2N4. The van der Waals surface area contributed by atoms with Crippen molar-refractivity contribution in [1.82, 2.24) is 19.9 Å². The number of hydrogen-bond acceptors (Lipinski definition) is 2. The summed E-state index contributed by atoms with van der Waals surface area (Å²) in [7, 11) is 0. The number of rotatable bonds is 8. The molecule has 0 atom stereocenters. The summed E-state index contributed by atoms with van der Waals surface area (Å²) in [6.45, 7) is 4.66. The van der Waals surface area contributed by atoms with Gasteiger partial charge in [0, 0.05) is 46.2 Å². The molecule has 0 aliphatic heterocycles. The van der Waals surface area contributed by atoms with Gasteiger partial charge in [0.05, 0.1) is 11.0 Å². The number of aryl methyl sites for hydroxylation is 1. The lowest BCUT2D eigenvalue weighted by Crippen LogP contribution is -2.16. The first-order valence-corrected chi connectivity index (χ1v) is 12.0. The van der Waals surface area contributed by atoms with Gasteiger partial charge in [-0.2, -0.15) is 0 Å². The molecule has 0 bridgehead atoms. The fourth-order valence-corrected chi connectivity index (χ4v) is 4.94. The summed E-state index contributed by atoms with van der Waals surface area (Å²) in [5.74, 6) is 1.05. The van der Waals surface area contributed by atoms with Crippen molar-refractivity contribution < 1.29 is 0 Å². The van der Waals surface area contributed by atoms with Gasteiger partial charge in [0.2, 0.25) is 0 Å². The van der Waals surface area contributed by atoms with Crippen LogP contribution >= 0.6 is 23.2 Å². The van der Waals surface area contributed by atoms with E-state index in [0.717, 1.165) is 48.4 Å². The molecule has 2 aromatic heterocycles. The van der Waals surface area contributed by atoms with Crippen molar-refractivity contribution in [3.05, 3.63) is 99.4 Å². The normalized spacial score (nSPS) is 11.6. The van der Waals surface area contributed by atoms with Crippen LogP contribution in [0.1, 0.15) is 29.1 Å². The van der Waals surface area contributed by atoms with Crippen LogP contribution in [0.3, 0.4) is 0 Å². The Bertz CT molecular complexity index is 1380. The first-order chi connectivity index (χ1) is 16.1. The van der Waals surface area contributed by atoms with Crippen LogP contribution in [0.5, 0.6) is 0 Å². The van der Waals surface area contributed by atoms with Crippen LogP contribution in [-0.4, -0.2) is 21.1 Å². The van der Waals surface area contributed by atoms with Crippen LogP contribution < -0.4 is 5.32 Å². The quantitative estimate of drug-likeness (QED) is 0.239. The molecule has 0 spiro atoms. The smallest absolute Gasteiger partial charge is 0.107 e. The third-order valence-corrected chi connectivity index (χ3v) is 6.80. The molecule has 0 unspecified atom stereocenters. The third kappa shape index (κ3) is 4.65. The number of halogens is 2. The van der Waals surface area contributed by atoms with Crippen LogP contribution in [0.15, 0.2) is 66.7 Å². The average Bonchev–Trinajstić information content (AvgIpc) is 3.34. The van der Waals surface area contributed by atoms with Gasteiger partial charge in [-0.1, -0.05) is 59.6 Å². The molecule has 0 aliphatic carbocycles. The Balaban J connectivity index is 1.27. The lowest BCUT2D eigenvalue weighted by molar-refractivity contribution is 0.639. The van der Waals surface area contributed by atoms with Gasteiger partial charge < -0.3 is 14.9 Å². The predicted molar refractivity (Wildman–Crippen MR) is 138 cm³/mol. The van der Waals surface area contributed by atoms with Crippen molar-refractivity contribution in [2.45, 2.75) is 32.9 Å². The summed E-state index contributed by atoms with van der Waals surface area (Å²) in [5, 5.41) is 6.28. The van der Waals surface area contributed by atoms with Crippen LogP contribution in [-0.2, 0) is 19.5 Å². The Morgan fingerprint density at radius 2 is 1.82 bits per heavy atom. The molecule has 0 saturated heterocycles. The molecular weight excluding hydrogens is 451 g/mol. The first-order valence-electron chi connectivity index (χ1n) is 11.2. The lowest BCUT2D eigenvalue weighted by Gasteiger charge is -2.11. The van der Waals surface area contributed by atoms with E-state index in [0.29, 0.717) is 16.6 Å². The molecule has 0 radical (unpaired) electrons. The minimum absolute atomic E-state index is 0.658. The highest BCUT2D eigenvalue weighted by molar-refractivity contribution is 6.35. The molecule has 0 aliphatic rings. The van der Waals surface area contributed by atoms with Gasteiger partial charge in [0.1, 0.15) is 5.82 Å². The van der Waals surface area contributed by atoms with Gasteiger partial charge in [-0.3, -0.25) is 0 Å². The van der Waals surface area contributed by atoms with Gasteiger partial charge in [-0.15, -0.1) is 0 Å². The minimum Gasteiger partial charge on any atom is -0.342 e. The molecule has 0 amide bonds. The van der Waals surface area contributed by atoms with E-state index >= 15 is 0 Å². The minimum atomic E-state index is 0.658. The maximum absolute atomic E-state index is 6.47. The standard InChI is InChI=1S/C27H26Cl2N4/c1-18-22(16-30-14-6-11-27-31-24-8-3-4-9-25(24)32-27)21-7-2-5-10-26(21)33(18)17-19-12-13-20(28)15-23(19)29/h2-5,7-10,12-13,15,30H,6,11,14,16-17H2,1H3,(H,31,32). The Kier molecular flexibility index (Phi) is 6.41. The summed E-state index contributed by atoms with van der Waals surface area (Å²) in [6.07, 6.45) is 1.95. The highest BCUT2D eigenvalue weighted by atomic mass is 35.5. The Morgan fingerprint density at radius 3 is 2.67 bits per heavy atom. The summed E-state index contributed by atoms with van der Waals surface area (Å²) >= 11 is 12.6. The van der Waals surface area contributed by atoms with E-state index in [-0.39, 0.29) is 0 Å². The van der Waals surface area contributed by atoms with Crippen LogP contribution in [0.25, 0.3) is 21.9 Å². The SMILES string of the molecule is Cc1c(CNCCCc2nc3ccccc3[nH]2)c2ccccc2n1Cc1ccc(Cl)cc1Cl. The second-order valence-corrected chi connectivity index (χ2v) is 9.23. The summed E-state index contributed by atoms with van der Waals surface area (Å²) in [4.78, 5) is 8.08. The molecule has 0 saturated carbocycles. The highest BCUT2D eigenvalue weighted by Gasteiger charge is 2.15. The maximum Gasteiger partial charge on any atom is 0.107 e. The topological polar surface area (TPSA) is 45.6 Å². The van der Waals surface area contributed by atoms with Crippen molar-refractivity contribution in [1.29, 1.82) is 0 Å². The second-order valence-electron chi connectivity index (χ2n) is 8.38. The molecule has 33 heavy (non-hydrogen) atoms. The highest BCUT2D eigenvalue weighted by Crippen LogP contribution is 2.29. The molecule has 2 N–H and O–H groups in total. The third-order valence-electron chi connectivity index (χ3n) is 6.21. The molecule has 168 valence electrons. The number of nitrogens with zero attached hydrogens (tertiary/aromatic N) is 2. The van der Waals surface area contributed by atoms with E-state index in [1.54, 1.807) is 0 Å². The summed E-state index contributed by atoms with van der Waals surface area (Å²) in [5.41, 5.74) is 7.01. The Labute approximate surface area is 203 Å². The fourth-order valence-electron chi connectivity index (χ4n) is 4.47. The van der Waals surface area contributed by atoms with E-state index in [4.69, 9.17) is 23.2 Å². The second kappa shape index (κ2) is 9.60. The van der Waals surface area contributed by atoms with Crippen molar-refractivity contribution in [2.24, 2.45) is 0 Å². The molecule has 6 heteroatoms. The van der Waals surface area contributed by atoms with Crippen molar-refractivity contribution in [3.63, 3.8) is 0 Å². The van der Waals surface area contributed by atoms with Crippen LogP contribution in [0.2, 0.25) is 10.0 Å². The number of nitrogens with one attached hydrogen (secondary N) is 2. The molecule has 2 heterocycles. The van der Waals surface area contributed by atoms with Gasteiger partial charge in [0.25, 0.3) is 0 Å². The Morgan fingerprint density at radius 1 is 1.00 bits per heavy atom. The van der Waals surface area contributed by atoms with Crippen LogP contribution in [0.4, 0.5) is 0 Å². The molecule has 3 aromatic carbocycles. The zero-order valence-electron chi connectivity index (χ0n) is 18.5. The summed E-state index contributed by atoms with van der Waals surface area (Å²) < 4.78 is 2.34. The molecule has 5 rings (SSSR count). The van der Waals surface area contributed by atoms with Gasteiger partial charge in [-0.25, -0.2) is 4.98 Å². The van der Waals surface area contributed by atoms with E-state index in [1.165, 1.54) is 22.2 Å². The molecule has 4 nitrogen and oxygen atoms in total. The average molecular weight is 477 g/mol. The first kappa shape index (κ1) is 22.0. The zero-order chi connectivity index (χ0) is 22.8. The maximum atomic E-state index is 6.47. The largest absolute Gasteiger partial charge is 0.342 e. The van der Waals surface area contributed by atoms with Crippen LogP contribution in [0, 0.1) is 6.92 Å². The van der Waals surface area contributed by atoms with Crippen molar-refractivity contribution in [2.75, 3.05) is 6.54 Å². The molecule has 0 fully saturated rings. The number of fused-ring (bicyclic) bond motifs is 2. The van der Waals surface area contributed by atoms with E-state index < -0.39 is 0 Å². The predicted octanol–water partition coefficient (Wildman–Crippen LogP) is 6.90. The van der Waals surface area contributed by atoms with Gasteiger partial charge >= 0.3 is 0 Å². The van der Waals surface area contributed by atoms with E-state index in [2.05, 4.69) is 57.1 Å². The number of para-hydroxylation sites is 3. The summed E-state index contributed by atoms with van der Waals surface area (Å²) in [6, 6.07) is 22.5. The van der Waals surface area contributed by atoms with Gasteiger partial charge in [-0.05, 0) is 61.3 Å². The van der Waals surface area contributed by atoms with E-state index in [9.17, 15) is 0 Å². The number of aromatic amines is 1. The van der Waals surface area contributed by atoms with Crippen molar-refractivity contribution >= 4 is 45.1 Å². The van der Waals surface area contributed by atoms with E-state index in [1.807, 2.05) is 36.4 Å².